The molecule has 0 saturated heterocycles. The van der Waals surface area contributed by atoms with Crippen LogP contribution in [0.4, 0.5) is 0 Å². The minimum absolute atomic E-state index is 0.304. The molecule has 0 bridgehead atoms. The fourth-order valence-corrected chi connectivity index (χ4v) is 3.47. The topological polar surface area (TPSA) is 18.5 Å². The summed E-state index contributed by atoms with van der Waals surface area (Å²) in [6, 6.07) is 12.6. The molecule has 0 amide bonds. The Hall–Kier alpha value is -1.41. The Balaban J connectivity index is 1.72. The lowest BCUT2D eigenvalue weighted by molar-refractivity contribution is 0.304. The zero-order chi connectivity index (χ0) is 20.0. The Labute approximate surface area is 176 Å². The van der Waals surface area contributed by atoms with Gasteiger partial charge in [-0.25, -0.2) is 0 Å². The zero-order valence-electron chi connectivity index (χ0n) is 17.7. The molecule has 156 valence electrons. The van der Waals surface area contributed by atoms with Crippen molar-refractivity contribution in [1.82, 2.24) is 0 Å². The molecule has 1 atom stereocenters. The van der Waals surface area contributed by atoms with E-state index < -0.39 is 0 Å². The van der Waals surface area contributed by atoms with Gasteiger partial charge in [-0.2, -0.15) is 0 Å². The van der Waals surface area contributed by atoms with Gasteiger partial charge in [0.1, 0.15) is 11.5 Å². The second-order valence-electron chi connectivity index (χ2n) is 7.64. The molecule has 28 heavy (non-hydrogen) atoms. The van der Waals surface area contributed by atoms with Crippen molar-refractivity contribution in [3.8, 4) is 11.5 Å². The lowest BCUT2D eigenvalue weighted by Crippen LogP contribution is -2.00. The molecule has 0 aliphatic carbocycles. The molecule has 3 heteroatoms. The summed E-state index contributed by atoms with van der Waals surface area (Å²) in [6.07, 6.45) is 12.0. The van der Waals surface area contributed by atoms with Crippen LogP contribution in [0.1, 0.15) is 78.1 Å². The monoisotopic (exact) mass is 404 g/mol. The van der Waals surface area contributed by atoms with Gasteiger partial charge >= 0.3 is 0 Å². The highest BCUT2D eigenvalue weighted by Crippen LogP contribution is 2.25. The molecule has 0 saturated carbocycles. The standard InChI is InChI=1S/C25H37ClO2/c1-3-5-6-7-8-10-17-27-24-15-13-22-20-25(16-14-21(22)19-24)28-18-11-9-12-23(26)4-2/h13-16,19-20,23H,3-12,17-18H2,1-2H3. The lowest BCUT2D eigenvalue weighted by atomic mass is 10.1. The lowest BCUT2D eigenvalue weighted by Gasteiger charge is -2.10. The van der Waals surface area contributed by atoms with E-state index in [1.54, 1.807) is 0 Å². The number of hydrogen-bond donors (Lipinski definition) is 0. The third-order valence-electron chi connectivity index (χ3n) is 5.17. The average Bonchev–Trinajstić information content (AvgIpc) is 2.72. The van der Waals surface area contributed by atoms with Crippen LogP contribution in [0.3, 0.4) is 0 Å². The van der Waals surface area contributed by atoms with Crippen molar-refractivity contribution in [2.24, 2.45) is 0 Å². The van der Waals surface area contributed by atoms with Gasteiger partial charge in [-0.1, -0.05) is 58.1 Å². The first kappa shape index (κ1) is 22.9. The highest BCUT2D eigenvalue weighted by molar-refractivity contribution is 6.20. The average molecular weight is 405 g/mol. The van der Waals surface area contributed by atoms with Crippen LogP contribution in [-0.2, 0) is 0 Å². The first-order chi connectivity index (χ1) is 13.7. The third kappa shape index (κ3) is 8.73. The Morgan fingerprint density at radius 3 is 1.82 bits per heavy atom. The highest BCUT2D eigenvalue weighted by Gasteiger charge is 2.03. The minimum atomic E-state index is 0.304. The summed E-state index contributed by atoms with van der Waals surface area (Å²) in [5.74, 6) is 1.90. The summed E-state index contributed by atoms with van der Waals surface area (Å²) in [4.78, 5) is 0. The van der Waals surface area contributed by atoms with Gasteiger partial charge in [0, 0.05) is 5.38 Å². The van der Waals surface area contributed by atoms with Crippen LogP contribution in [0.25, 0.3) is 10.8 Å². The van der Waals surface area contributed by atoms with Crippen LogP contribution >= 0.6 is 11.6 Å². The maximum atomic E-state index is 6.15. The molecule has 0 spiro atoms. The molecule has 0 aromatic heterocycles. The van der Waals surface area contributed by atoms with Gasteiger partial charge in [0.2, 0.25) is 0 Å². The number of hydrogen-bond acceptors (Lipinski definition) is 2. The summed E-state index contributed by atoms with van der Waals surface area (Å²) >= 11 is 6.15. The summed E-state index contributed by atoms with van der Waals surface area (Å²) in [6.45, 7) is 5.94. The highest BCUT2D eigenvalue weighted by atomic mass is 35.5. The Bertz CT molecular complexity index is 671. The number of ether oxygens (including phenoxy) is 2. The number of unbranched alkanes of at least 4 members (excludes halogenated alkanes) is 6. The van der Waals surface area contributed by atoms with Crippen LogP contribution in [0.2, 0.25) is 0 Å². The SMILES string of the molecule is CCCCCCCCOc1ccc2cc(OCCCCC(Cl)CC)ccc2c1. The first-order valence-corrected chi connectivity index (χ1v) is 11.6. The molecule has 0 heterocycles. The van der Waals surface area contributed by atoms with Gasteiger partial charge in [-0.15, -0.1) is 11.6 Å². The van der Waals surface area contributed by atoms with Crippen LogP contribution in [0, 0.1) is 0 Å². The Kier molecular flexibility index (Phi) is 11.2. The maximum absolute atomic E-state index is 6.15. The van der Waals surface area contributed by atoms with E-state index in [2.05, 4.69) is 50.2 Å². The summed E-state index contributed by atoms with van der Waals surface area (Å²) < 4.78 is 11.8. The van der Waals surface area contributed by atoms with E-state index in [1.807, 2.05) is 0 Å². The number of benzene rings is 2. The fourth-order valence-electron chi connectivity index (χ4n) is 3.32. The number of rotatable bonds is 15. The predicted molar refractivity (Wildman–Crippen MR) is 122 cm³/mol. The minimum Gasteiger partial charge on any atom is -0.494 e. The smallest absolute Gasteiger partial charge is 0.119 e. The zero-order valence-corrected chi connectivity index (χ0v) is 18.5. The Morgan fingerprint density at radius 1 is 0.714 bits per heavy atom. The first-order valence-electron chi connectivity index (χ1n) is 11.2. The van der Waals surface area contributed by atoms with E-state index in [0.717, 1.165) is 56.8 Å². The molecule has 0 N–H and O–H groups in total. The number of fused-ring (bicyclic) bond motifs is 1. The van der Waals surface area contributed by atoms with Crippen LogP contribution in [0.5, 0.6) is 11.5 Å². The molecule has 0 radical (unpaired) electrons. The molecule has 2 rings (SSSR count). The van der Waals surface area contributed by atoms with Gasteiger partial charge < -0.3 is 9.47 Å². The second-order valence-corrected chi connectivity index (χ2v) is 8.25. The third-order valence-corrected chi connectivity index (χ3v) is 5.70. The van der Waals surface area contributed by atoms with E-state index in [0.29, 0.717) is 5.38 Å². The van der Waals surface area contributed by atoms with Gasteiger partial charge in [0.25, 0.3) is 0 Å². The van der Waals surface area contributed by atoms with Gasteiger partial charge in [0.05, 0.1) is 13.2 Å². The molecular weight excluding hydrogens is 368 g/mol. The van der Waals surface area contributed by atoms with Crippen molar-refractivity contribution in [2.45, 2.75) is 83.4 Å². The molecule has 2 nitrogen and oxygen atoms in total. The van der Waals surface area contributed by atoms with Crippen LogP contribution in [0.15, 0.2) is 36.4 Å². The van der Waals surface area contributed by atoms with Crippen molar-refractivity contribution < 1.29 is 9.47 Å². The normalized spacial score (nSPS) is 12.2. The van der Waals surface area contributed by atoms with E-state index in [9.17, 15) is 0 Å². The maximum Gasteiger partial charge on any atom is 0.119 e. The molecule has 2 aromatic carbocycles. The molecule has 2 aromatic rings. The predicted octanol–water partition coefficient (Wildman–Crippen LogP) is 8.15. The summed E-state index contributed by atoms with van der Waals surface area (Å²) in [5.41, 5.74) is 0. The summed E-state index contributed by atoms with van der Waals surface area (Å²) in [7, 11) is 0. The molecule has 0 aliphatic rings. The van der Waals surface area contributed by atoms with E-state index >= 15 is 0 Å². The van der Waals surface area contributed by atoms with Gasteiger partial charge in [-0.05, 0) is 67.1 Å². The van der Waals surface area contributed by atoms with E-state index in [4.69, 9.17) is 21.1 Å². The molecule has 1 unspecified atom stereocenters. The van der Waals surface area contributed by atoms with Crippen LogP contribution < -0.4 is 9.47 Å². The van der Waals surface area contributed by atoms with Crippen molar-refractivity contribution in [3.63, 3.8) is 0 Å². The van der Waals surface area contributed by atoms with Gasteiger partial charge in [0.15, 0.2) is 0 Å². The van der Waals surface area contributed by atoms with E-state index in [1.165, 1.54) is 42.9 Å². The molecule has 0 aliphatic heterocycles. The van der Waals surface area contributed by atoms with Crippen LogP contribution in [-0.4, -0.2) is 18.6 Å². The van der Waals surface area contributed by atoms with Crippen molar-refractivity contribution in [2.75, 3.05) is 13.2 Å². The number of halogens is 1. The number of alkyl halides is 1. The van der Waals surface area contributed by atoms with Crippen molar-refractivity contribution >= 4 is 22.4 Å². The van der Waals surface area contributed by atoms with Crippen molar-refractivity contribution in [3.05, 3.63) is 36.4 Å². The Morgan fingerprint density at radius 2 is 1.25 bits per heavy atom. The largest absolute Gasteiger partial charge is 0.494 e. The van der Waals surface area contributed by atoms with Gasteiger partial charge in [-0.3, -0.25) is 0 Å². The summed E-state index contributed by atoms with van der Waals surface area (Å²) in [5, 5.41) is 2.69. The van der Waals surface area contributed by atoms with Crippen molar-refractivity contribution in [1.29, 1.82) is 0 Å². The second kappa shape index (κ2) is 13.7. The fraction of sp³-hybridized carbons (Fsp3) is 0.600. The quantitative estimate of drug-likeness (QED) is 0.220. The van der Waals surface area contributed by atoms with E-state index in [-0.39, 0.29) is 0 Å². The molecular formula is C25H37ClO2. The molecule has 0 fully saturated rings.